The van der Waals surface area contributed by atoms with Crippen LogP contribution in [-0.4, -0.2) is 19.0 Å². The normalized spacial score (nSPS) is 15.8. The van der Waals surface area contributed by atoms with E-state index in [0.717, 1.165) is 25.7 Å². The van der Waals surface area contributed by atoms with E-state index in [-0.39, 0.29) is 11.8 Å². The van der Waals surface area contributed by atoms with Gasteiger partial charge >= 0.3 is 5.97 Å². The number of carbonyl (C=O) groups is 2. The standard InChI is InChI=1S/C12H15NO3S/c1-16-12(15)9-6-7-17-11(9)13-10(14)8-4-2-3-5-8/h6-8H,2-5H2,1H3,(H,13,14). The van der Waals surface area contributed by atoms with Gasteiger partial charge in [-0.25, -0.2) is 4.79 Å². The largest absolute Gasteiger partial charge is 0.465 e. The molecule has 5 heteroatoms. The van der Waals surface area contributed by atoms with Crippen molar-refractivity contribution in [2.45, 2.75) is 25.7 Å². The van der Waals surface area contributed by atoms with Gasteiger partial charge in [-0.2, -0.15) is 0 Å². The van der Waals surface area contributed by atoms with Gasteiger partial charge in [0.05, 0.1) is 12.7 Å². The minimum atomic E-state index is -0.409. The summed E-state index contributed by atoms with van der Waals surface area (Å²) in [6.07, 6.45) is 4.13. The molecule has 17 heavy (non-hydrogen) atoms. The molecule has 1 aromatic rings. The van der Waals surface area contributed by atoms with Crippen molar-refractivity contribution in [1.29, 1.82) is 0 Å². The van der Waals surface area contributed by atoms with Crippen LogP contribution in [0.2, 0.25) is 0 Å². The lowest BCUT2D eigenvalue weighted by molar-refractivity contribution is -0.119. The fourth-order valence-electron chi connectivity index (χ4n) is 2.08. The Morgan fingerprint density at radius 2 is 2.12 bits per heavy atom. The first-order chi connectivity index (χ1) is 8.22. The first kappa shape index (κ1) is 12.1. The van der Waals surface area contributed by atoms with Crippen LogP contribution in [0.4, 0.5) is 5.00 Å². The van der Waals surface area contributed by atoms with E-state index in [0.29, 0.717) is 10.6 Å². The number of rotatable bonds is 3. The fourth-order valence-corrected chi connectivity index (χ4v) is 2.86. The highest BCUT2D eigenvalue weighted by atomic mass is 32.1. The molecule has 1 aliphatic rings. The number of amides is 1. The van der Waals surface area contributed by atoms with E-state index in [1.165, 1.54) is 18.4 Å². The van der Waals surface area contributed by atoms with Gasteiger partial charge in [-0.3, -0.25) is 4.79 Å². The zero-order valence-electron chi connectivity index (χ0n) is 9.69. The zero-order chi connectivity index (χ0) is 12.3. The number of anilines is 1. The van der Waals surface area contributed by atoms with Gasteiger partial charge in [-0.05, 0) is 24.3 Å². The number of hydrogen-bond acceptors (Lipinski definition) is 4. The Kier molecular flexibility index (Phi) is 3.78. The fraction of sp³-hybridized carbons (Fsp3) is 0.500. The van der Waals surface area contributed by atoms with Gasteiger partial charge < -0.3 is 10.1 Å². The molecule has 0 radical (unpaired) electrons. The molecule has 0 unspecified atom stereocenters. The third-order valence-corrected chi connectivity index (χ3v) is 3.86. The van der Waals surface area contributed by atoms with E-state index in [1.807, 2.05) is 0 Å². The monoisotopic (exact) mass is 253 g/mol. The van der Waals surface area contributed by atoms with Gasteiger partial charge in [0.15, 0.2) is 0 Å². The minimum absolute atomic E-state index is 0.0232. The molecule has 1 amide bonds. The number of hydrogen-bond donors (Lipinski definition) is 1. The predicted molar refractivity (Wildman–Crippen MR) is 66.2 cm³/mol. The highest BCUT2D eigenvalue weighted by Gasteiger charge is 2.24. The van der Waals surface area contributed by atoms with Crippen LogP contribution in [0, 0.1) is 5.92 Å². The molecule has 1 saturated carbocycles. The Morgan fingerprint density at radius 1 is 1.41 bits per heavy atom. The summed E-state index contributed by atoms with van der Waals surface area (Å²) < 4.78 is 4.66. The van der Waals surface area contributed by atoms with Crippen LogP contribution in [0.15, 0.2) is 11.4 Å². The van der Waals surface area contributed by atoms with Crippen molar-refractivity contribution in [3.8, 4) is 0 Å². The Balaban J connectivity index is 2.05. The second kappa shape index (κ2) is 5.31. The lowest BCUT2D eigenvalue weighted by Gasteiger charge is -2.09. The Bertz CT molecular complexity index is 421. The van der Waals surface area contributed by atoms with Crippen molar-refractivity contribution in [1.82, 2.24) is 0 Å². The smallest absolute Gasteiger partial charge is 0.340 e. The quantitative estimate of drug-likeness (QED) is 0.842. The highest BCUT2D eigenvalue weighted by Crippen LogP contribution is 2.29. The van der Waals surface area contributed by atoms with Crippen LogP contribution in [0.3, 0.4) is 0 Å². The number of methoxy groups -OCH3 is 1. The summed E-state index contributed by atoms with van der Waals surface area (Å²) in [7, 11) is 1.34. The van der Waals surface area contributed by atoms with Crippen LogP contribution in [0.5, 0.6) is 0 Å². The third kappa shape index (κ3) is 2.66. The molecule has 0 atom stereocenters. The van der Waals surface area contributed by atoms with E-state index >= 15 is 0 Å². The van der Waals surface area contributed by atoms with Crippen molar-refractivity contribution in [3.63, 3.8) is 0 Å². The molecule has 0 bridgehead atoms. The number of carbonyl (C=O) groups excluding carboxylic acids is 2. The summed E-state index contributed by atoms with van der Waals surface area (Å²) in [5.41, 5.74) is 0.434. The van der Waals surface area contributed by atoms with Crippen LogP contribution in [0.25, 0.3) is 0 Å². The van der Waals surface area contributed by atoms with Gasteiger partial charge in [0.2, 0.25) is 5.91 Å². The summed E-state index contributed by atoms with van der Waals surface area (Å²) in [6, 6.07) is 1.67. The van der Waals surface area contributed by atoms with Gasteiger partial charge in [-0.15, -0.1) is 11.3 Å². The third-order valence-electron chi connectivity index (χ3n) is 3.03. The molecule has 1 N–H and O–H groups in total. The Hall–Kier alpha value is -1.36. The van der Waals surface area contributed by atoms with E-state index in [4.69, 9.17) is 0 Å². The molecular formula is C12H15NO3S. The molecule has 0 saturated heterocycles. The van der Waals surface area contributed by atoms with Crippen molar-refractivity contribution in [2.75, 3.05) is 12.4 Å². The molecule has 1 heterocycles. The molecule has 92 valence electrons. The maximum absolute atomic E-state index is 11.9. The summed E-state index contributed by atoms with van der Waals surface area (Å²) in [4.78, 5) is 23.4. The molecule has 0 spiro atoms. The first-order valence-corrected chi connectivity index (χ1v) is 6.57. The number of nitrogens with one attached hydrogen (secondary N) is 1. The maximum atomic E-state index is 11.9. The van der Waals surface area contributed by atoms with E-state index < -0.39 is 5.97 Å². The molecule has 2 rings (SSSR count). The van der Waals surface area contributed by atoms with Crippen molar-refractivity contribution in [3.05, 3.63) is 17.0 Å². The maximum Gasteiger partial charge on any atom is 0.340 e. The van der Waals surface area contributed by atoms with E-state index in [1.54, 1.807) is 11.4 Å². The minimum Gasteiger partial charge on any atom is -0.465 e. The van der Waals surface area contributed by atoms with E-state index in [9.17, 15) is 9.59 Å². The van der Waals surface area contributed by atoms with Gasteiger partial charge in [-0.1, -0.05) is 12.8 Å². The molecular weight excluding hydrogens is 238 g/mol. The second-order valence-corrected chi connectivity index (χ2v) is 5.04. The molecule has 0 aromatic carbocycles. The number of esters is 1. The summed E-state index contributed by atoms with van der Waals surface area (Å²) in [5, 5.41) is 5.19. The highest BCUT2D eigenvalue weighted by molar-refractivity contribution is 7.14. The average molecular weight is 253 g/mol. The average Bonchev–Trinajstić information content (AvgIpc) is 2.98. The van der Waals surface area contributed by atoms with Gasteiger partial charge in [0.1, 0.15) is 5.00 Å². The summed E-state index contributed by atoms with van der Waals surface area (Å²) >= 11 is 1.35. The van der Waals surface area contributed by atoms with Crippen LogP contribution in [-0.2, 0) is 9.53 Å². The second-order valence-electron chi connectivity index (χ2n) is 4.13. The summed E-state index contributed by atoms with van der Waals surface area (Å²) in [6.45, 7) is 0. The predicted octanol–water partition coefficient (Wildman–Crippen LogP) is 2.66. The topological polar surface area (TPSA) is 55.4 Å². The van der Waals surface area contributed by atoms with Crippen LogP contribution >= 0.6 is 11.3 Å². The lowest BCUT2D eigenvalue weighted by Crippen LogP contribution is -2.20. The van der Waals surface area contributed by atoms with Gasteiger partial charge in [0.25, 0.3) is 0 Å². The first-order valence-electron chi connectivity index (χ1n) is 5.69. The van der Waals surface area contributed by atoms with Crippen molar-refractivity contribution >= 4 is 28.2 Å². The Morgan fingerprint density at radius 3 is 2.76 bits per heavy atom. The number of thiophene rings is 1. The lowest BCUT2D eigenvalue weighted by atomic mass is 10.1. The van der Waals surface area contributed by atoms with Crippen LogP contribution in [0.1, 0.15) is 36.0 Å². The number of ether oxygens (including phenoxy) is 1. The van der Waals surface area contributed by atoms with Crippen molar-refractivity contribution in [2.24, 2.45) is 5.92 Å². The molecule has 1 aromatic heterocycles. The van der Waals surface area contributed by atoms with Gasteiger partial charge in [0, 0.05) is 5.92 Å². The molecule has 1 fully saturated rings. The molecule has 0 aliphatic heterocycles. The van der Waals surface area contributed by atoms with Crippen LogP contribution < -0.4 is 5.32 Å². The molecule has 1 aliphatic carbocycles. The zero-order valence-corrected chi connectivity index (χ0v) is 10.5. The Labute approximate surface area is 104 Å². The van der Waals surface area contributed by atoms with Crippen molar-refractivity contribution < 1.29 is 14.3 Å². The SMILES string of the molecule is COC(=O)c1ccsc1NC(=O)C1CCCC1. The summed E-state index contributed by atoms with van der Waals surface area (Å²) in [5.74, 6) is -0.286. The van der Waals surface area contributed by atoms with E-state index in [2.05, 4.69) is 10.1 Å². The molecule has 4 nitrogen and oxygen atoms in total.